The Hall–Kier alpha value is -1.39. The van der Waals surface area contributed by atoms with Crippen molar-refractivity contribution in [1.82, 2.24) is 0 Å². The van der Waals surface area contributed by atoms with Crippen LogP contribution in [0.5, 0.6) is 0 Å². The van der Waals surface area contributed by atoms with E-state index in [1.807, 2.05) is 0 Å². The second-order valence-corrected chi connectivity index (χ2v) is 3.67. The molecule has 0 heterocycles. The Morgan fingerprint density at radius 2 is 1.87 bits per heavy atom. The van der Waals surface area contributed by atoms with Gasteiger partial charge in [0, 0.05) is 6.92 Å². The van der Waals surface area contributed by atoms with E-state index in [9.17, 15) is 9.59 Å². The van der Waals surface area contributed by atoms with Crippen molar-refractivity contribution in [1.29, 1.82) is 0 Å². The monoisotopic (exact) mass is 213 g/mol. The fourth-order valence-electron chi connectivity index (χ4n) is 1.55. The van der Waals surface area contributed by atoms with E-state index in [1.54, 1.807) is 0 Å². The van der Waals surface area contributed by atoms with Gasteiger partial charge in [-0.2, -0.15) is 0 Å². The quantitative estimate of drug-likeness (QED) is 0.434. The van der Waals surface area contributed by atoms with Gasteiger partial charge in [-0.05, 0) is 25.7 Å². The van der Waals surface area contributed by atoms with Crippen LogP contribution in [0.4, 0.5) is 0 Å². The fraction of sp³-hybridized carbons (Fsp3) is 0.700. The zero-order valence-electron chi connectivity index (χ0n) is 8.73. The van der Waals surface area contributed by atoms with Gasteiger partial charge in [0.05, 0.1) is 0 Å². The van der Waals surface area contributed by atoms with Gasteiger partial charge in [0.1, 0.15) is 6.10 Å². The number of oxime groups is 1. The molecule has 84 valence electrons. The molecule has 0 radical (unpaired) electrons. The molecule has 0 saturated heterocycles. The van der Waals surface area contributed by atoms with Crippen molar-refractivity contribution < 1.29 is 19.5 Å². The second kappa shape index (κ2) is 5.48. The normalized spacial score (nSPS) is 18.6. The highest BCUT2D eigenvalue weighted by molar-refractivity contribution is 6.63. The first kappa shape index (κ1) is 11.7. The average Bonchev–Trinajstić information content (AvgIpc) is 2.18. The van der Waals surface area contributed by atoms with Crippen LogP contribution in [-0.2, 0) is 14.4 Å². The molecule has 0 atom stereocenters. The van der Waals surface area contributed by atoms with Crippen LogP contribution in [0.2, 0.25) is 0 Å². The summed E-state index contributed by atoms with van der Waals surface area (Å²) in [5.41, 5.74) is -0.527. The molecule has 1 N–H and O–H groups in total. The first-order chi connectivity index (χ1) is 7.11. The number of hydrogen-bond donors (Lipinski definition) is 1. The Morgan fingerprint density at radius 3 is 2.33 bits per heavy atom. The SMILES string of the molecule is CC(=O)/C(=N/OC1CCCCC1)C(=O)O. The molecule has 15 heavy (non-hydrogen) atoms. The number of carboxylic acid groups (broad SMARTS) is 1. The third-order valence-corrected chi connectivity index (χ3v) is 2.38. The van der Waals surface area contributed by atoms with Gasteiger partial charge in [-0.1, -0.05) is 11.6 Å². The first-order valence-electron chi connectivity index (χ1n) is 5.09. The van der Waals surface area contributed by atoms with Gasteiger partial charge in [0.25, 0.3) is 0 Å². The van der Waals surface area contributed by atoms with E-state index in [4.69, 9.17) is 9.94 Å². The number of carboxylic acids is 1. The van der Waals surface area contributed by atoms with Crippen molar-refractivity contribution in [2.45, 2.75) is 45.1 Å². The van der Waals surface area contributed by atoms with Crippen LogP contribution in [0.1, 0.15) is 39.0 Å². The summed E-state index contributed by atoms with van der Waals surface area (Å²) in [5, 5.41) is 12.1. The predicted octanol–water partition coefficient (Wildman–Crippen LogP) is 1.37. The topological polar surface area (TPSA) is 76.0 Å². The minimum atomic E-state index is -1.33. The highest BCUT2D eigenvalue weighted by Gasteiger charge is 2.19. The number of carbonyl (C=O) groups is 2. The van der Waals surface area contributed by atoms with Crippen LogP contribution in [0.3, 0.4) is 0 Å². The van der Waals surface area contributed by atoms with E-state index in [0.717, 1.165) is 32.6 Å². The summed E-state index contributed by atoms with van der Waals surface area (Å²) in [7, 11) is 0. The van der Waals surface area contributed by atoms with E-state index in [1.165, 1.54) is 6.42 Å². The zero-order valence-corrected chi connectivity index (χ0v) is 8.73. The van der Waals surface area contributed by atoms with E-state index in [2.05, 4.69) is 5.16 Å². The molecule has 0 aromatic heterocycles. The molecule has 5 heteroatoms. The number of carbonyl (C=O) groups excluding carboxylic acids is 1. The molecule has 1 fully saturated rings. The van der Waals surface area contributed by atoms with Crippen LogP contribution >= 0.6 is 0 Å². The van der Waals surface area contributed by atoms with E-state index < -0.39 is 17.5 Å². The number of aliphatic carboxylic acids is 1. The molecule has 0 unspecified atom stereocenters. The summed E-state index contributed by atoms with van der Waals surface area (Å²) in [4.78, 5) is 26.5. The van der Waals surface area contributed by atoms with Crippen LogP contribution < -0.4 is 0 Å². The highest BCUT2D eigenvalue weighted by Crippen LogP contribution is 2.20. The van der Waals surface area contributed by atoms with Gasteiger partial charge >= 0.3 is 5.97 Å². The number of nitrogens with zero attached hydrogens (tertiary/aromatic N) is 1. The molecule has 0 amide bonds. The first-order valence-corrected chi connectivity index (χ1v) is 5.09. The molecular formula is C10H15NO4. The van der Waals surface area contributed by atoms with Crippen molar-refractivity contribution in [3.8, 4) is 0 Å². The largest absolute Gasteiger partial charge is 0.476 e. The minimum absolute atomic E-state index is 0.0348. The molecule has 1 aliphatic rings. The van der Waals surface area contributed by atoms with E-state index >= 15 is 0 Å². The Bertz CT molecular complexity index is 263. The molecular weight excluding hydrogens is 198 g/mol. The fourth-order valence-corrected chi connectivity index (χ4v) is 1.55. The summed E-state index contributed by atoms with van der Waals surface area (Å²) in [6.07, 6.45) is 5.06. The van der Waals surface area contributed by atoms with Crippen LogP contribution in [-0.4, -0.2) is 28.7 Å². The van der Waals surface area contributed by atoms with E-state index in [-0.39, 0.29) is 6.10 Å². The van der Waals surface area contributed by atoms with E-state index in [0.29, 0.717) is 0 Å². The molecule has 0 aromatic rings. The second-order valence-electron chi connectivity index (χ2n) is 3.67. The molecule has 1 saturated carbocycles. The van der Waals surface area contributed by atoms with Crippen molar-refractivity contribution >= 4 is 17.5 Å². The van der Waals surface area contributed by atoms with Crippen LogP contribution in [0, 0.1) is 0 Å². The molecule has 1 rings (SSSR count). The minimum Gasteiger partial charge on any atom is -0.476 e. The standard InChI is InChI=1S/C10H15NO4/c1-7(12)9(10(13)14)11-15-8-5-3-2-4-6-8/h8H,2-6H2,1H3,(H,13,14)/b11-9-. The number of rotatable bonds is 4. The van der Waals surface area contributed by atoms with Crippen LogP contribution in [0.25, 0.3) is 0 Å². The lowest BCUT2D eigenvalue weighted by Gasteiger charge is -2.19. The Balaban J connectivity index is 2.52. The zero-order chi connectivity index (χ0) is 11.3. The maximum Gasteiger partial charge on any atom is 0.361 e. The lowest BCUT2D eigenvalue weighted by atomic mass is 9.98. The van der Waals surface area contributed by atoms with Crippen LogP contribution in [0.15, 0.2) is 5.16 Å². The maximum absolute atomic E-state index is 10.9. The maximum atomic E-state index is 10.9. The third-order valence-electron chi connectivity index (χ3n) is 2.38. The summed E-state index contributed by atoms with van der Waals surface area (Å²) in [6, 6.07) is 0. The number of ketones is 1. The summed E-state index contributed by atoms with van der Waals surface area (Å²) >= 11 is 0. The Morgan fingerprint density at radius 1 is 1.27 bits per heavy atom. The van der Waals surface area contributed by atoms with Crippen molar-refractivity contribution in [3.63, 3.8) is 0 Å². The van der Waals surface area contributed by atoms with Gasteiger partial charge in [-0.15, -0.1) is 0 Å². The summed E-state index contributed by atoms with van der Waals surface area (Å²) in [5.74, 6) is -1.92. The molecule has 1 aliphatic carbocycles. The smallest absolute Gasteiger partial charge is 0.361 e. The van der Waals surface area contributed by atoms with Crippen molar-refractivity contribution in [2.24, 2.45) is 5.16 Å². The average molecular weight is 213 g/mol. The highest BCUT2D eigenvalue weighted by atomic mass is 16.6. The number of hydrogen-bond acceptors (Lipinski definition) is 4. The van der Waals surface area contributed by atoms with Crippen molar-refractivity contribution in [2.75, 3.05) is 0 Å². The Kier molecular flexibility index (Phi) is 4.27. The Labute approximate surface area is 88.1 Å². The van der Waals surface area contributed by atoms with Gasteiger partial charge < -0.3 is 9.94 Å². The van der Waals surface area contributed by atoms with Gasteiger partial charge in [0.2, 0.25) is 5.71 Å². The summed E-state index contributed by atoms with van der Waals surface area (Å²) in [6.45, 7) is 1.16. The molecule has 0 spiro atoms. The third kappa shape index (κ3) is 3.69. The van der Waals surface area contributed by atoms with Crippen molar-refractivity contribution in [3.05, 3.63) is 0 Å². The molecule has 0 aliphatic heterocycles. The lowest BCUT2D eigenvalue weighted by molar-refractivity contribution is -0.130. The van der Waals surface area contributed by atoms with Gasteiger partial charge in [-0.3, -0.25) is 4.79 Å². The molecule has 0 bridgehead atoms. The lowest BCUT2D eigenvalue weighted by Crippen LogP contribution is -2.23. The molecule has 5 nitrogen and oxygen atoms in total. The van der Waals surface area contributed by atoms with Gasteiger partial charge in [0.15, 0.2) is 5.78 Å². The predicted molar refractivity (Wildman–Crippen MR) is 53.7 cm³/mol. The van der Waals surface area contributed by atoms with Gasteiger partial charge in [-0.25, -0.2) is 4.79 Å². The number of Topliss-reactive ketones (excluding diaryl/α,β-unsaturated/α-hetero) is 1. The molecule has 0 aromatic carbocycles. The summed E-state index contributed by atoms with van der Waals surface area (Å²) < 4.78 is 0.